The molecule has 0 fully saturated rings. The van der Waals surface area contributed by atoms with E-state index in [0.717, 1.165) is 19.6 Å². The molecule has 0 N–H and O–H groups in total. The summed E-state index contributed by atoms with van der Waals surface area (Å²) in [6, 6.07) is 8.38. The molecule has 2 nitrogen and oxygen atoms in total. The summed E-state index contributed by atoms with van der Waals surface area (Å²) < 4.78 is 0. The Morgan fingerprint density at radius 1 is 1.31 bits per heavy atom. The summed E-state index contributed by atoms with van der Waals surface area (Å²) in [6.45, 7) is 3.20. The third kappa shape index (κ3) is 2.01. The Kier molecular flexibility index (Phi) is 2.72. The van der Waals surface area contributed by atoms with E-state index >= 15 is 0 Å². The molecule has 3 heteroatoms. The van der Waals surface area contributed by atoms with Gasteiger partial charge in [-0.25, -0.2) is 0 Å². The number of hydrogen-bond donors (Lipinski definition) is 0. The summed E-state index contributed by atoms with van der Waals surface area (Å²) in [7, 11) is 0. The predicted octanol–water partition coefficient (Wildman–Crippen LogP) is 2.70. The monoisotopic (exact) mass is 230 g/mol. The number of aromatic nitrogens is 1. The molecule has 0 aliphatic carbocycles. The van der Waals surface area contributed by atoms with Crippen molar-refractivity contribution in [2.45, 2.75) is 19.5 Å². The SMILES string of the molecule is c1ccc(CN2CCc3sccc3C2)nc1. The van der Waals surface area contributed by atoms with Crippen molar-refractivity contribution in [3.05, 3.63) is 52.0 Å². The highest BCUT2D eigenvalue weighted by atomic mass is 32.1. The third-order valence-electron chi connectivity index (χ3n) is 3.00. The molecule has 0 amide bonds. The molecule has 16 heavy (non-hydrogen) atoms. The predicted molar refractivity (Wildman–Crippen MR) is 66.4 cm³/mol. The van der Waals surface area contributed by atoms with Crippen LogP contribution in [-0.4, -0.2) is 16.4 Å². The summed E-state index contributed by atoms with van der Waals surface area (Å²) >= 11 is 1.89. The van der Waals surface area contributed by atoms with Crippen molar-refractivity contribution in [3.8, 4) is 0 Å². The highest BCUT2D eigenvalue weighted by molar-refractivity contribution is 7.10. The molecule has 0 unspecified atom stereocenters. The molecular formula is C13H14N2S. The largest absolute Gasteiger partial charge is 0.293 e. The zero-order valence-corrected chi connectivity index (χ0v) is 9.91. The Balaban J connectivity index is 1.71. The lowest BCUT2D eigenvalue weighted by molar-refractivity contribution is 0.244. The summed E-state index contributed by atoms with van der Waals surface area (Å²) in [5.74, 6) is 0. The van der Waals surface area contributed by atoms with Gasteiger partial charge in [0.25, 0.3) is 0 Å². The molecule has 82 valence electrons. The fraction of sp³-hybridized carbons (Fsp3) is 0.308. The Bertz CT molecular complexity index is 464. The quantitative estimate of drug-likeness (QED) is 0.788. The zero-order chi connectivity index (χ0) is 10.8. The van der Waals surface area contributed by atoms with E-state index in [2.05, 4.69) is 33.5 Å². The van der Waals surface area contributed by atoms with Gasteiger partial charge in [0, 0.05) is 30.7 Å². The minimum absolute atomic E-state index is 0.968. The minimum Gasteiger partial charge on any atom is -0.293 e. The van der Waals surface area contributed by atoms with Gasteiger partial charge < -0.3 is 0 Å². The van der Waals surface area contributed by atoms with E-state index < -0.39 is 0 Å². The molecule has 2 aromatic heterocycles. The normalized spacial score (nSPS) is 16.0. The van der Waals surface area contributed by atoms with Crippen molar-refractivity contribution in [1.82, 2.24) is 9.88 Å². The molecule has 0 saturated heterocycles. The Morgan fingerprint density at radius 2 is 2.31 bits per heavy atom. The van der Waals surface area contributed by atoms with Gasteiger partial charge >= 0.3 is 0 Å². The van der Waals surface area contributed by atoms with Crippen LogP contribution in [0.5, 0.6) is 0 Å². The van der Waals surface area contributed by atoms with Crippen LogP contribution in [0.15, 0.2) is 35.8 Å². The van der Waals surface area contributed by atoms with E-state index in [1.54, 1.807) is 4.88 Å². The molecule has 0 aromatic carbocycles. The van der Waals surface area contributed by atoms with Crippen LogP contribution in [-0.2, 0) is 19.5 Å². The Morgan fingerprint density at radius 3 is 3.19 bits per heavy atom. The lowest BCUT2D eigenvalue weighted by Crippen LogP contribution is -2.29. The van der Waals surface area contributed by atoms with Crippen LogP contribution < -0.4 is 0 Å². The molecule has 0 saturated carbocycles. The minimum atomic E-state index is 0.968. The molecule has 2 aromatic rings. The highest BCUT2D eigenvalue weighted by Crippen LogP contribution is 2.24. The lowest BCUT2D eigenvalue weighted by Gasteiger charge is -2.26. The van der Waals surface area contributed by atoms with Crippen LogP contribution in [0.1, 0.15) is 16.1 Å². The second-order valence-corrected chi connectivity index (χ2v) is 5.15. The molecule has 0 atom stereocenters. The topological polar surface area (TPSA) is 16.1 Å². The second-order valence-electron chi connectivity index (χ2n) is 4.15. The molecular weight excluding hydrogens is 216 g/mol. The van der Waals surface area contributed by atoms with Crippen molar-refractivity contribution >= 4 is 11.3 Å². The van der Waals surface area contributed by atoms with E-state index in [1.165, 1.54) is 17.7 Å². The molecule has 3 rings (SSSR count). The van der Waals surface area contributed by atoms with E-state index in [1.807, 2.05) is 23.6 Å². The lowest BCUT2D eigenvalue weighted by atomic mass is 10.1. The first-order valence-corrected chi connectivity index (χ1v) is 6.47. The Hall–Kier alpha value is -1.19. The number of fused-ring (bicyclic) bond motifs is 1. The van der Waals surface area contributed by atoms with Crippen LogP contribution in [0.25, 0.3) is 0 Å². The van der Waals surface area contributed by atoms with Crippen LogP contribution in [0.4, 0.5) is 0 Å². The first kappa shape index (κ1) is 10.00. The third-order valence-corrected chi connectivity index (χ3v) is 4.02. The van der Waals surface area contributed by atoms with Crippen molar-refractivity contribution in [2.75, 3.05) is 6.54 Å². The maximum absolute atomic E-state index is 4.38. The van der Waals surface area contributed by atoms with Gasteiger partial charge in [0.05, 0.1) is 5.69 Å². The maximum Gasteiger partial charge on any atom is 0.0544 e. The summed E-state index contributed by atoms with van der Waals surface area (Å²) in [5.41, 5.74) is 2.67. The smallest absolute Gasteiger partial charge is 0.0544 e. The van der Waals surface area contributed by atoms with Crippen LogP contribution >= 0.6 is 11.3 Å². The summed E-state index contributed by atoms with van der Waals surface area (Å²) in [6.07, 6.45) is 3.06. The van der Waals surface area contributed by atoms with Crippen molar-refractivity contribution in [2.24, 2.45) is 0 Å². The molecule has 1 aliphatic rings. The average Bonchev–Trinajstić information content (AvgIpc) is 2.77. The molecule has 0 bridgehead atoms. The second kappa shape index (κ2) is 4.36. The maximum atomic E-state index is 4.38. The molecule has 3 heterocycles. The molecule has 1 aliphatic heterocycles. The number of thiophene rings is 1. The van der Waals surface area contributed by atoms with Crippen molar-refractivity contribution in [1.29, 1.82) is 0 Å². The first-order chi connectivity index (χ1) is 7.92. The van der Waals surface area contributed by atoms with Gasteiger partial charge in [-0.1, -0.05) is 6.07 Å². The summed E-state index contributed by atoms with van der Waals surface area (Å²) in [5, 5.41) is 2.20. The average molecular weight is 230 g/mol. The highest BCUT2D eigenvalue weighted by Gasteiger charge is 2.17. The van der Waals surface area contributed by atoms with Gasteiger partial charge in [-0.2, -0.15) is 0 Å². The number of pyridine rings is 1. The Labute approximate surface area is 99.6 Å². The molecule has 0 spiro atoms. The zero-order valence-electron chi connectivity index (χ0n) is 9.10. The fourth-order valence-electron chi connectivity index (χ4n) is 2.16. The van der Waals surface area contributed by atoms with Crippen molar-refractivity contribution in [3.63, 3.8) is 0 Å². The number of hydrogen-bond acceptors (Lipinski definition) is 3. The van der Waals surface area contributed by atoms with E-state index in [4.69, 9.17) is 0 Å². The van der Waals surface area contributed by atoms with Crippen LogP contribution in [0, 0.1) is 0 Å². The van der Waals surface area contributed by atoms with E-state index in [-0.39, 0.29) is 0 Å². The first-order valence-electron chi connectivity index (χ1n) is 5.59. The van der Waals surface area contributed by atoms with Crippen molar-refractivity contribution < 1.29 is 0 Å². The fourth-order valence-corrected chi connectivity index (χ4v) is 3.05. The van der Waals surface area contributed by atoms with Gasteiger partial charge in [0.15, 0.2) is 0 Å². The van der Waals surface area contributed by atoms with Gasteiger partial charge in [0.2, 0.25) is 0 Å². The van der Waals surface area contributed by atoms with Crippen LogP contribution in [0.2, 0.25) is 0 Å². The van der Waals surface area contributed by atoms with E-state index in [9.17, 15) is 0 Å². The van der Waals surface area contributed by atoms with Gasteiger partial charge in [-0.3, -0.25) is 9.88 Å². The standard InChI is InChI=1S/C13H14N2S/c1-2-6-14-12(3-1)10-15-7-4-13-11(9-15)5-8-16-13/h1-3,5-6,8H,4,7,9-10H2. The molecule has 0 radical (unpaired) electrons. The number of nitrogens with zero attached hydrogens (tertiary/aromatic N) is 2. The number of rotatable bonds is 2. The van der Waals surface area contributed by atoms with E-state index in [0.29, 0.717) is 0 Å². The van der Waals surface area contributed by atoms with Gasteiger partial charge in [0.1, 0.15) is 0 Å². The summed E-state index contributed by atoms with van der Waals surface area (Å²) in [4.78, 5) is 8.41. The van der Waals surface area contributed by atoms with Crippen LogP contribution in [0.3, 0.4) is 0 Å². The van der Waals surface area contributed by atoms with Gasteiger partial charge in [-0.05, 0) is 35.6 Å². The van der Waals surface area contributed by atoms with Gasteiger partial charge in [-0.15, -0.1) is 11.3 Å².